The Morgan fingerprint density at radius 1 is 1.19 bits per heavy atom. The van der Waals surface area contributed by atoms with Crippen LogP contribution in [-0.2, 0) is 14.6 Å². The van der Waals surface area contributed by atoms with Gasteiger partial charge < -0.3 is 5.11 Å². The molecule has 5 heteroatoms. The van der Waals surface area contributed by atoms with E-state index in [1.54, 1.807) is 19.1 Å². The van der Waals surface area contributed by atoms with Crippen molar-refractivity contribution in [1.82, 2.24) is 0 Å². The van der Waals surface area contributed by atoms with E-state index in [0.717, 1.165) is 24.8 Å². The molecule has 1 aromatic carbocycles. The van der Waals surface area contributed by atoms with Crippen LogP contribution in [0.25, 0.3) is 0 Å². The van der Waals surface area contributed by atoms with Crippen molar-refractivity contribution in [3.63, 3.8) is 0 Å². The summed E-state index contributed by atoms with van der Waals surface area (Å²) in [7, 11) is -3.86. The van der Waals surface area contributed by atoms with E-state index < -0.39 is 20.6 Å². The Labute approximate surface area is 125 Å². The second-order valence-corrected chi connectivity index (χ2v) is 9.01. The molecule has 1 aromatic rings. The van der Waals surface area contributed by atoms with Crippen molar-refractivity contribution in [1.29, 1.82) is 0 Å². The molecule has 0 aliphatic heterocycles. The number of aryl methyl sites for hydroxylation is 2. The fourth-order valence-electron chi connectivity index (χ4n) is 3.85. The fraction of sp³-hybridized carbons (Fsp3) is 0.562. The molecule has 2 fully saturated rings. The first-order valence-electron chi connectivity index (χ1n) is 7.28. The summed E-state index contributed by atoms with van der Waals surface area (Å²) >= 11 is 0. The number of benzene rings is 1. The molecule has 4 nitrogen and oxygen atoms in total. The van der Waals surface area contributed by atoms with Crippen molar-refractivity contribution in [3.05, 3.63) is 29.3 Å². The summed E-state index contributed by atoms with van der Waals surface area (Å²) in [5.74, 6) is -1.19. The van der Waals surface area contributed by atoms with Gasteiger partial charge in [-0.3, -0.25) is 4.79 Å². The predicted octanol–water partition coefficient (Wildman–Crippen LogP) is 2.86. The number of carboxylic acid groups (broad SMARTS) is 1. The molecule has 0 heterocycles. The second kappa shape index (κ2) is 4.32. The van der Waals surface area contributed by atoms with Crippen LogP contribution in [0.15, 0.2) is 23.1 Å². The topological polar surface area (TPSA) is 71.4 Å². The molecule has 2 saturated carbocycles. The molecule has 0 aromatic heterocycles. The van der Waals surface area contributed by atoms with Crippen LogP contribution in [0, 0.1) is 19.3 Å². The van der Waals surface area contributed by atoms with Crippen molar-refractivity contribution in [2.75, 3.05) is 0 Å². The normalized spacial score (nSPS) is 22.4. The summed E-state index contributed by atoms with van der Waals surface area (Å²) < 4.78 is 24.4. The van der Waals surface area contributed by atoms with E-state index in [-0.39, 0.29) is 23.2 Å². The maximum Gasteiger partial charge on any atom is 0.325 e. The first kappa shape index (κ1) is 14.6. The lowest BCUT2D eigenvalue weighted by Crippen LogP contribution is -2.63. The monoisotopic (exact) mass is 308 g/mol. The van der Waals surface area contributed by atoms with Gasteiger partial charge in [0.05, 0.1) is 4.90 Å². The molecule has 2 aliphatic carbocycles. The molecule has 0 amide bonds. The molecular formula is C16H20O4S. The highest BCUT2D eigenvalue weighted by Gasteiger charge is 2.68. The molecule has 2 aliphatic rings. The third-order valence-electron chi connectivity index (χ3n) is 5.27. The first-order chi connectivity index (χ1) is 9.72. The Morgan fingerprint density at radius 2 is 1.81 bits per heavy atom. The standard InChI is InChI=1S/C16H20O4S/c1-11-4-5-12(2)13(8-11)21(19,20)16(14(17)18)9-15(10-16)6-3-7-15/h4-5,8H,3,6-7,9-10H2,1-2H3,(H,17,18). The Kier molecular flexibility index (Phi) is 3.00. The number of hydrogen-bond acceptors (Lipinski definition) is 3. The van der Waals surface area contributed by atoms with Crippen molar-refractivity contribution in [3.8, 4) is 0 Å². The third-order valence-corrected chi connectivity index (χ3v) is 7.78. The van der Waals surface area contributed by atoms with E-state index in [1.807, 2.05) is 13.0 Å². The third kappa shape index (κ3) is 1.86. The van der Waals surface area contributed by atoms with Crippen molar-refractivity contribution in [2.24, 2.45) is 5.41 Å². The molecule has 3 rings (SSSR count). The molecule has 1 spiro atoms. The highest BCUT2D eigenvalue weighted by molar-refractivity contribution is 7.93. The zero-order valence-corrected chi connectivity index (χ0v) is 13.2. The largest absolute Gasteiger partial charge is 0.480 e. The molecule has 0 radical (unpaired) electrons. The van der Waals surface area contributed by atoms with Gasteiger partial charge in [0.2, 0.25) is 0 Å². The van der Waals surface area contributed by atoms with Gasteiger partial charge in [0.15, 0.2) is 14.6 Å². The molecule has 0 unspecified atom stereocenters. The Hall–Kier alpha value is -1.36. The summed E-state index contributed by atoms with van der Waals surface area (Å²) in [5, 5.41) is 9.61. The second-order valence-electron chi connectivity index (χ2n) is 6.78. The van der Waals surface area contributed by atoms with Crippen LogP contribution in [-0.4, -0.2) is 24.2 Å². The molecule has 0 saturated heterocycles. The van der Waals surface area contributed by atoms with Crippen molar-refractivity contribution in [2.45, 2.75) is 55.6 Å². The average Bonchev–Trinajstić information content (AvgIpc) is 2.28. The van der Waals surface area contributed by atoms with Gasteiger partial charge in [-0.05, 0) is 62.1 Å². The number of carboxylic acids is 1. The zero-order chi connectivity index (χ0) is 15.5. The van der Waals surface area contributed by atoms with Crippen LogP contribution < -0.4 is 0 Å². The average molecular weight is 308 g/mol. The summed E-state index contributed by atoms with van der Waals surface area (Å²) in [6, 6.07) is 5.19. The van der Waals surface area contributed by atoms with Gasteiger partial charge in [0.25, 0.3) is 0 Å². The molecule has 0 bridgehead atoms. The maximum absolute atomic E-state index is 13.0. The smallest absolute Gasteiger partial charge is 0.325 e. The van der Waals surface area contributed by atoms with E-state index in [2.05, 4.69) is 0 Å². The molecular weight excluding hydrogens is 288 g/mol. The molecule has 0 atom stereocenters. The number of sulfone groups is 1. The van der Waals surface area contributed by atoms with Crippen LogP contribution in [0.4, 0.5) is 0 Å². The summed E-state index contributed by atoms with van der Waals surface area (Å²) in [4.78, 5) is 11.9. The Bertz CT molecular complexity index is 706. The van der Waals surface area contributed by atoms with E-state index in [4.69, 9.17) is 0 Å². The van der Waals surface area contributed by atoms with E-state index in [1.165, 1.54) is 0 Å². The number of aliphatic carboxylic acids is 1. The lowest BCUT2D eigenvalue weighted by atomic mass is 9.51. The minimum Gasteiger partial charge on any atom is -0.480 e. The summed E-state index contributed by atoms with van der Waals surface area (Å²) in [5.41, 5.74) is 1.43. The SMILES string of the molecule is Cc1ccc(C)c(S(=O)(=O)C2(C(=O)O)CC3(CCC3)C2)c1. The van der Waals surface area contributed by atoms with E-state index in [0.29, 0.717) is 5.56 Å². The Balaban J connectivity index is 2.07. The van der Waals surface area contributed by atoms with Gasteiger partial charge in [0, 0.05) is 0 Å². The van der Waals surface area contributed by atoms with E-state index >= 15 is 0 Å². The minimum atomic E-state index is -3.86. The lowest BCUT2D eigenvalue weighted by molar-refractivity contribution is -0.150. The van der Waals surface area contributed by atoms with Crippen molar-refractivity contribution >= 4 is 15.8 Å². The molecule has 114 valence electrons. The highest BCUT2D eigenvalue weighted by Crippen LogP contribution is 2.64. The number of hydrogen-bond donors (Lipinski definition) is 1. The van der Waals surface area contributed by atoms with Crippen LogP contribution in [0.3, 0.4) is 0 Å². The molecule has 1 N–H and O–H groups in total. The summed E-state index contributed by atoms with van der Waals surface area (Å²) in [6.07, 6.45) is 3.55. The van der Waals surface area contributed by atoms with Gasteiger partial charge in [-0.2, -0.15) is 0 Å². The van der Waals surface area contributed by atoms with Gasteiger partial charge in [-0.25, -0.2) is 8.42 Å². The first-order valence-corrected chi connectivity index (χ1v) is 8.76. The minimum absolute atomic E-state index is 0.0246. The van der Waals surface area contributed by atoms with Crippen LogP contribution >= 0.6 is 0 Å². The van der Waals surface area contributed by atoms with Crippen LogP contribution in [0.1, 0.15) is 43.2 Å². The molecule has 21 heavy (non-hydrogen) atoms. The van der Waals surface area contributed by atoms with Crippen LogP contribution in [0.5, 0.6) is 0 Å². The van der Waals surface area contributed by atoms with E-state index in [9.17, 15) is 18.3 Å². The summed E-state index contributed by atoms with van der Waals surface area (Å²) in [6.45, 7) is 3.54. The maximum atomic E-state index is 13.0. The van der Waals surface area contributed by atoms with Crippen LogP contribution in [0.2, 0.25) is 0 Å². The zero-order valence-electron chi connectivity index (χ0n) is 12.3. The predicted molar refractivity (Wildman–Crippen MR) is 79.0 cm³/mol. The quantitative estimate of drug-likeness (QED) is 0.932. The number of carbonyl (C=O) groups is 1. The Morgan fingerprint density at radius 3 is 2.29 bits per heavy atom. The highest BCUT2D eigenvalue weighted by atomic mass is 32.2. The number of rotatable bonds is 3. The van der Waals surface area contributed by atoms with Gasteiger partial charge in [-0.15, -0.1) is 0 Å². The van der Waals surface area contributed by atoms with Crippen molar-refractivity contribution < 1.29 is 18.3 Å². The fourth-order valence-corrected chi connectivity index (χ4v) is 6.33. The lowest BCUT2D eigenvalue weighted by Gasteiger charge is -2.58. The van der Waals surface area contributed by atoms with Gasteiger partial charge >= 0.3 is 5.97 Å². The van der Waals surface area contributed by atoms with Gasteiger partial charge in [-0.1, -0.05) is 18.6 Å². The van der Waals surface area contributed by atoms with Gasteiger partial charge in [0.1, 0.15) is 0 Å².